The van der Waals surface area contributed by atoms with Crippen molar-refractivity contribution in [1.82, 2.24) is 0 Å². The molecule has 140 valence electrons. The molecule has 0 aliphatic rings. The van der Waals surface area contributed by atoms with E-state index in [-0.39, 0.29) is 17.0 Å². The maximum absolute atomic E-state index is 12.3. The molecule has 1 atom stereocenters. The number of aryl methyl sites for hydroxylation is 1. The van der Waals surface area contributed by atoms with E-state index in [0.29, 0.717) is 16.8 Å². The maximum Gasteiger partial charge on any atom is 0.339 e. The SMILES string of the molecule is CC(=O)c1ccccc1NC(=O)[C@H](C)OC(=O)c1ccc(C)c([N+](=O)[O-])c1. The predicted octanol–water partition coefficient (Wildman–Crippen LogP) is 3.29. The van der Waals surface area contributed by atoms with E-state index in [1.807, 2.05) is 0 Å². The fraction of sp³-hybridized carbons (Fsp3) is 0.211. The van der Waals surface area contributed by atoms with Crippen LogP contribution in [-0.2, 0) is 9.53 Å². The summed E-state index contributed by atoms with van der Waals surface area (Å²) in [6.45, 7) is 4.29. The third-order valence-electron chi connectivity index (χ3n) is 3.86. The van der Waals surface area contributed by atoms with Gasteiger partial charge in [-0.1, -0.05) is 18.2 Å². The number of benzene rings is 2. The van der Waals surface area contributed by atoms with Crippen molar-refractivity contribution in [3.63, 3.8) is 0 Å². The van der Waals surface area contributed by atoms with E-state index in [4.69, 9.17) is 4.74 Å². The minimum atomic E-state index is -1.17. The molecule has 2 aromatic rings. The summed E-state index contributed by atoms with van der Waals surface area (Å²) in [7, 11) is 0. The van der Waals surface area contributed by atoms with Crippen molar-refractivity contribution in [1.29, 1.82) is 0 Å². The normalized spacial score (nSPS) is 11.4. The lowest BCUT2D eigenvalue weighted by atomic mass is 10.1. The van der Waals surface area contributed by atoms with E-state index in [0.717, 1.165) is 6.07 Å². The summed E-state index contributed by atoms with van der Waals surface area (Å²) >= 11 is 0. The van der Waals surface area contributed by atoms with Crippen LogP contribution in [0.4, 0.5) is 11.4 Å². The van der Waals surface area contributed by atoms with Crippen molar-refractivity contribution in [2.75, 3.05) is 5.32 Å². The van der Waals surface area contributed by atoms with Crippen molar-refractivity contribution in [3.8, 4) is 0 Å². The van der Waals surface area contributed by atoms with Crippen LogP contribution in [-0.4, -0.2) is 28.7 Å². The molecule has 1 N–H and O–H groups in total. The van der Waals surface area contributed by atoms with Crippen molar-refractivity contribution in [2.24, 2.45) is 0 Å². The van der Waals surface area contributed by atoms with Crippen LogP contribution in [0.5, 0.6) is 0 Å². The number of hydrogen-bond donors (Lipinski definition) is 1. The number of hydrogen-bond acceptors (Lipinski definition) is 6. The van der Waals surface area contributed by atoms with E-state index in [1.54, 1.807) is 31.2 Å². The lowest BCUT2D eigenvalue weighted by Crippen LogP contribution is -2.30. The Kier molecular flexibility index (Phi) is 6.02. The van der Waals surface area contributed by atoms with Crippen LogP contribution >= 0.6 is 0 Å². The minimum Gasteiger partial charge on any atom is -0.449 e. The van der Waals surface area contributed by atoms with Gasteiger partial charge in [0.25, 0.3) is 11.6 Å². The smallest absolute Gasteiger partial charge is 0.339 e. The van der Waals surface area contributed by atoms with Crippen LogP contribution in [0.2, 0.25) is 0 Å². The number of rotatable bonds is 6. The number of nitro benzene ring substituents is 1. The van der Waals surface area contributed by atoms with Gasteiger partial charge in [0.2, 0.25) is 0 Å². The van der Waals surface area contributed by atoms with Gasteiger partial charge in [0.15, 0.2) is 11.9 Å². The van der Waals surface area contributed by atoms with Crippen LogP contribution in [0.25, 0.3) is 0 Å². The molecular weight excluding hydrogens is 352 g/mol. The molecule has 1 amide bonds. The Morgan fingerprint density at radius 3 is 2.44 bits per heavy atom. The second-order valence-corrected chi connectivity index (χ2v) is 5.90. The van der Waals surface area contributed by atoms with Gasteiger partial charge in [-0.05, 0) is 39.0 Å². The predicted molar refractivity (Wildman–Crippen MR) is 97.8 cm³/mol. The summed E-state index contributed by atoms with van der Waals surface area (Å²) in [5.41, 5.74) is 0.804. The average molecular weight is 370 g/mol. The Labute approximate surface area is 155 Å². The molecule has 2 aromatic carbocycles. The van der Waals surface area contributed by atoms with Gasteiger partial charge in [-0.3, -0.25) is 19.7 Å². The molecule has 0 radical (unpaired) electrons. The first-order chi connectivity index (χ1) is 12.7. The van der Waals surface area contributed by atoms with Crippen molar-refractivity contribution >= 4 is 29.0 Å². The molecule has 27 heavy (non-hydrogen) atoms. The molecule has 0 bridgehead atoms. The number of nitrogens with zero attached hydrogens (tertiary/aromatic N) is 1. The van der Waals surface area contributed by atoms with Crippen molar-refractivity contribution in [2.45, 2.75) is 26.9 Å². The number of para-hydroxylation sites is 1. The van der Waals surface area contributed by atoms with E-state index in [9.17, 15) is 24.5 Å². The number of carbonyl (C=O) groups is 3. The Morgan fingerprint density at radius 2 is 1.81 bits per heavy atom. The number of nitrogens with one attached hydrogen (secondary N) is 1. The number of ketones is 1. The van der Waals surface area contributed by atoms with Crippen molar-refractivity contribution < 1.29 is 24.0 Å². The van der Waals surface area contributed by atoms with Gasteiger partial charge in [-0.15, -0.1) is 0 Å². The van der Waals surface area contributed by atoms with Crippen LogP contribution in [0.1, 0.15) is 40.1 Å². The van der Waals surface area contributed by atoms with Crippen LogP contribution in [0.15, 0.2) is 42.5 Å². The van der Waals surface area contributed by atoms with Crippen LogP contribution in [0.3, 0.4) is 0 Å². The minimum absolute atomic E-state index is 0.0314. The summed E-state index contributed by atoms with van der Waals surface area (Å²) in [6.07, 6.45) is -1.17. The zero-order valence-electron chi connectivity index (χ0n) is 15.0. The molecule has 0 aromatic heterocycles. The Bertz CT molecular complexity index is 922. The molecule has 0 heterocycles. The Balaban J connectivity index is 2.11. The average Bonchev–Trinajstić information content (AvgIpc) is 2.61. The Morgan fingerprint density at radius 1 is 1.15 bits per heavy atom. The molecule has 0 aliphatic carbocycles. The number of Topliss-reactive ketones (excluding diaryl/α,β-unsaturated/α-hetero) is 1. The highest BCUT2D eigenvalue weighted by atomic mass is 16.6. The first-order valence-corrected chi connectivity index (χ1v) is 8.07. The second-order valence-electron chi connectivity index (χ2n) is 5.90. The highest BCUT2D eigenvalue weighted by Gasteiger charge is 2.22. The Hall–Kier alpha value is -3.55. The molecule has 8 heteroatoms. The van der Waals surface area contributed by atoms with Crippen molar-refractivity contribution in [3.05, 3.63) is 69.3 Å². The number of amides is 1. The lowest BCUT2D eigenvalue weighted by Gasteiger charge is -2.15. The fourth-order valence-electron chi connectivity index (χ4n) is 2.35. The standard InChI is InChI=1S/C19H18N2O6/c1-11-8-9-14(10-17(11)21(25)26)19(24)27-13(3)18(23)20-16-7-5-4-6-15(16)12(2)22/h4-10,13H,1-3H3,(H,20,23)/t13-/m0/s1. The van der Waals surface area contributed by atoms with Crippen LogP contribution < -0.4 is 5.32 Å². The van der Waals surface area contributed by atoms with Gasteiger partial charge in [0.05, 0.1) is 16.2 Å². The van der Waals surface area contributed by atoms with Gasteiger partial charge >= 0.3 is 5.97 Å². The molecule has 0 unspecified atom stereocenters. The second kappa shape index (κ2) is 8.22. The molecule has 8 nitrogen and oxygen atoms in total. The molecule has 2 rings (SSSR count). The number of nitro groups is 1. The monoisotopic (exact) mass is 370 g/mol. The summed E-state index contributed by atoms with van der Waals surface area (Å²) in [6, 6.07) is 10.4. The van der Waals surface area contributed by atoms with E-state index in [2.05, 4.69) is 5.32 Å². The third kappa shape index (κ3) is 4.75. The quantitative estimate of drug-likeness (QED) is 0.361. The zero-order valence-corrected chi connectivity index (χ0v) is 15.0. The summed E-state index contributed by atoms with van der Waals surface area (Å²) < 4.78 is 5.09. The number of carbonyl (C=O) groups excluding carboxylic acids is 3. The van der Waals surface area contributed by atoms with Gasteiger partial charge in [-0.25, -0.2) is 4.79 Å². The van der Waals surface area contributed by atoms with Crippen LogP contribution in [0, 0.1) is 17.0 Å². The first kappa shape index (κ1) is 19.8. The molecule has 0 fully saturated rings. The largest absolute Gasteiger partial charge is 0.449 e. The first-order valence-electron chi connectivity index (χ1n) is 8.07. The third-order valence-corrected chi connectivity index (χ3v) is 3.86. The topological polar surface area (TPSA) is 116 Å². The highest BCUT2D eigenvalue weighted by Crippen LogP contribution is 2.20. The number of anilines is 1. The number of esters is 1. The molecule has 0 aliphatic heterocycles. The molecule has 0 spiro atoms. The maximum atomic E-state index is 12.3. The zero-order chi connectivity index (χ0) is 20.1. The summed E-state index contributed by atoms with van der Waals surface area (Å²) in [4.78, 5) is 46.5. The lowest BCUT2D eigenvalue weighted by molar-refractivity contribution is -0.385. The molecule has 0 saturated carbocycles. The fourth-order valence-corrected chi connectivity index (χ4v) is 2.35. The highest BCUT2D eigenvalue weighted by molar-refractivity contribution is 6.05. The van der Waals surface area contributed by atoms with Gasteiger partial charge in [0, 0.05) is 17.2 Å². The summed E-state index contributed by atoms with van der Waals surface area (Å²) in [5.74, 6) is -1.71. The number of ether oxygens (including phenoxy) is 1. The van der Waals surface area contributed by atoms with Gasteiger partial charge in [0.1, 0.15) is 0 Å². The van der Waals surface area contributed by atoms with E-state index < -0.39 is 22.9 Å². The van der Waals surface area contributed by atoms with E-state index >= 15 is 0 Å². The molecule has 0 saturated heterocycles. The van der Waals surface area contributed by atoms with Gasteiger partial charge < -0.3 is 10.1 Å². The molecular formula is C19H18N2O6. The van der Waals surface area contributed by atoms with Gasteiger partial charge in [-0.2, -0.15) is 0 Å². The summed E-state index contributed by atoms with van der Waals surface area (Å²) in [5, 5.41) is 13.5. The van der Waals surface area contributed by atoms with E-state index in [1.165, 1.54) is 26.0 Å².